The Labute approximate surface area is 119 Å². The molecular weight excluding hydrogens is 308 g/mol. The van der Waals surface area contributed by atoms with E-state index in [-0.39, 0.29) is 15.9 Å². The number of carboxylic acid groups (broad SMARTS) is 1. The summed E-state index contributed by atoms with van der Waals surface area (Å²) in [7, 11) is -3.95. The fourth-order valence-corrected chi connectivity index (χ4v) is 3.55. The average molecular weight is 322 g/mol. The van der Waals surface area contributed by atoms with Gasteiger partial charge in [0.1, 0.15) is 0 Å². The molecule has 1 heterocycles. The molecule has 3 N–H and O–H groups in total. The van der Waals surface area contributed by atoms with E-state index in [1.165, 1.54) is 6.92 Å². The Morgan fingerprint density at radius 1 is 1.40 bits per heavy atom. The van der Waals surface area contributed by atoms with Crippen LogP contribution < -0.4 is 10.0 Å². The van der Waals surface area contributed by atoms with Gasteiger partial charge in [-0.25, -0.2) is 13.1 Å². The Kier molecular flexibility index (Phi) is 5.53. The van der Waals surface area contributed by atoms with Crippen molar-refractivity contribution in [3.63, 3.8) is 0 Å². The van der Waals surface area contributed by atoms with Gasteiger partial charge in [-0.05, 0) is 6.42 Å². The van der Waals surface area contributed by atoms with E-state index in [2.05, 4.69) is 20.2 Å². The number of hydrogen-bond acceptors (Lipinski definition) is 7. The number of carbonyl (C=O) groups excluding carboxylic acids is 1. The molecule has 9 nitrogen and oxygen atoms in total. The summed E-state index contributed by atoms with van der Waals surface area (Å²) >= 11 is 0.687. The third kappa shape index (κ3) is 4.83. The molecule has 0 aliphatic heterocycles. The number of anilines is 1. The van der Waals surface area contributed by atoms with Gasteiger partial charge in [0.2, 0.25) is 15.4 Å². The van der Waals surface area contributed by atoms with Crippen molar-refractivity contribution in [1.29, 1.82) is 0 Å². The number of carboxylic acids is 1. The van der Waals surface area contributed by atoms with Crippen LogP contribution in [0.3, 0.4) is 0 Å². The molecule has 0 fully saturated rings. The maximum absolute atomic E-state index is 12.0. The maximum atomic E-state index is 12.0. The van der Waals surface area contributed by atoms with Crippen molar-refractivity contribution >= 4 is 38.4 Å². The Hall–Kier alpha value is -1.59. The molecular formula is C9H14N4O5S2. The highest BCUT2D eigenvalue weighted by Gasteiger charge is 2.25. The number of sulfonamides is 1. The molecule has 0 bridgehead atoms. The fraction of sp³-hybridized carbons (Fsp3) is 0.556. The van der Waals surface area contributed by atoms with Gasteiger partial charge < -0.3 is 10.4 Å². The van der Waals surface area contributed by atoms with Crippen molar-refractivity contribution < 1.29 is 23.1 Å². The van der Waals surface area contributed by atoms with Gasteiger partial charge in [0.15, 0.2) is 0 Å². The Morgan fingerprint density at radius 2 is 2.05 bits per heavy atom. The molecule has 0 saturated carbocycles. The van der Waals surface area contributed by atoms with Crippen molar-refractivity contribution in [2.75, 3.05) is 5.32 Å². The number of aromatic nitrogens is 2. The zero-order chi connectivity index (χ0) is 15.3. The first-order valence-electron chi connectivity index (χ1n) is 5.59. The second-order valence-corrected chi connectivity index (χ2v) is 6.74. The number of amides is 1. The molecule has 0 spiro atoms. The van der Waals surface area contributed by atoms with Gasteiger partial charge in [0.05, 0.1) is 6.42 Å². The molecule has 1 amide bonds. The Morgan fingerprint density at radius 3 is 2.55 bits per heavy atom. The van der Waals surface area contributed by atoms with Crippen LogP contribution in [0, 0.1) is 0 Å². The Bertz CT molecular complexity index is 597. The standard InChI is InChI=1S/C9H14N4O5S2/c1-3-6(4-7(15)16)13-20(17,18)9-12-11-8(19-9)10-5(2)14/h6,13H,3-4H2,1-2H3,(H,15,16)(H,10,11,14). The predicted molar refractivity (Wildman–Crippen MR) is 70.9 cm³/mol. The number of aliphatic carboxylic acids is 1. The van der Waals surface area contributed by atoms with Gasteiger partial charge >= 0.3 is 5.97 Å². The molecule has 20 heavy (non-hydrogen) atoms. The van der Waals surface area contributed by atoms with Gasteiger partial charge in [0.25, 0.3) is 10.0 Å². The predicted octanol–water partition coefficient (Wildman–Crippen LogP) is 0.0281. The minimum atomic E-state index is -3.95. The van der Waals surface area contributed by atoms with Crippen LogP contribution in [-0.2, 0) is 19.6 Å². The number of hydrogen-bond donors (Lipinski definition) is 3. The van der Waals surface area contributed by atoms with Gasteiger partial charge in [-0.1, -0.05) is 18.3 Å². The zero-order valence-electron chi connectivity index (χ0n) is 10.8. The highest BCUT2D eigenvalue weighted by molar-refractivity contribution is 7.91. The van der Waals surface area contributed by atoms with Crippen LogP contribution in [-0.4, -0.2) is 41.6 Å². The molecule has 112 valence electrons. The summed E-state index contributed by atoms with van der Waals surface area (Å²) in [6, 6.07) is -0.731. The monoisotopic (exact) mass is 322 g/mol. The van der Waals surface area contributed by atoms with E-state index in [0.29, 0.717) is 17.8 Å². The maximum Gasteiger partial charge on any atom is 0.304 e. The highest BCUT2D eigenvalue weighted by atomic mass is 32.2. The number of nitrogens with one attached hydrogen (secondary N) is 2. The minimum Gasteiger partial charge on any atom is -0.481 e. The van der Waals surface area contributed by atoms with Crippen molar-refractivity contribution in [2.45, 2.75) is 37.1 Å². The van der Waals surface area contributed by atoms with E-state index < -0.39 is 27.9 Å². The minimum absolute atomic E-state index is 0.0594. The van der Waals surface area contributed by atoms with E-state index in [1.54, 1.807) is 6.92 Å². The summed E-state index contributed by atoms with van der Waals surface area (Å²) in [5, 5.41) is 18.0. The summed E-state index contributed by atoms with van der Waals surface area (Å²) in [5.74, 6) is -1.49. The van der Waals surface area contributed by atoms with Crippen LogP contribution in [0.1, 0.15) is 26.7 Å². The lowest BCUT2D eigenvalue weighted by Crippen LogP contribution is -2.36. The zero-order valence-corrected chi connectivity index (χ0v) is 12.4. The van der Waals surface area contributed by atoms with Crippen LogP contribution in [0.15, 0.2) is 4.34 Å². The summed E-state index contributed by atoms with van der Waals surface area (Å²) < 4.78 is 25.9. The Balaban J connectivity index is 2.84. The first kappa shape index (κ1) is 16.5. The molecule has 1 aromatic rings. The second kappa shape index (κ2) is 6.72. The van der Waals surface area contributed by atoms with E-state index in [4.69, 9.17) is 5.11 Å². The van der Waals surface area contributed by atoms with Crippen molar-refractivity contribution in [1.82, 2.24) is 14.9 Å². The molecule has 11 heteroatoms. The lowest BCUT2D eigenvalue weighted by Gasteiger charge is -2.13. The molecule has 1 rings (SSSR count). The average Bonchev–Trinajstić information content (AvgIpc) is 2.75. The largest absolute Gasteiger partial charge is 0.481 e. The van der Waals surface area contributed by atoms with E-state index in [1.807, 2.05) is 0 Å². The number of carbonyl (C=O) groups is 2. The normalized spacial score (nSPS) is 12.9. The first-order valence-corrected chi connectivity index (χ1v) is 7.89. The molecule has 0 aliphatic carbocycles. The van der Waals surface area contributed by atoms with E-state index in [0.717, 1.165) is 0 Å². The van der Waals surface area contributed by atoms with Crippen LogP contribution in [0.4, 0.5) is 5.13 Å². The van der Waals surface area contributed by atoms with Gasteiger partial charge in [-0.3, -0.25) is 9.59 Å². The van der Waals surface area contributed by atoms with Crippen LogP contribution in [0.2, 0.25) is 0 Å². The molecule has 0 radical (unpaired) electrons. The molecule has 0 aliphatic rings. The molecule has 1 unspecified atom stereocenters. The lowest BCUT2D eigenvalue weighted by atomic mass is 10.2. The SMILES string of the molecule is CCC(CC(=O)O)NS(=O)(=O)c1nnc(NC(C)=O)s1. The molecule has 1 atom stereocenters. The van der Waals surface area contributed by atoms with Crippen molar-refractivity contribution in [3.05, 3.63) is 0 Å². The molecule has 1 aromatic heterocycles. The van der Waals surface area contributed by atoms with Crippen molar-refractivity contribution in [3.8, 4) is 0 Å². The topological polar surface area (TPSA) is 138 Å². The van der Waals surface area contributed by atoms with Crippen molar-refractivity contribution in [2.24, 2.45) is 0 Å². The third-order valence-electron chi connectivity index (χ3n) is 2.15. The van der Waals surface area contributed by atoms with Crippen LogP contribution in [0.5, 0.6) is 0 Å². The lowest BCUT2D eigenvalue weighted by molar-refractivity contribution is -0.137. The molecule has 0 saturated heterocycles. The third-order valence-corrected chi connectivity index (χ3v) is 4.88. The smallest absolute Gasteiger partial charge is 0.304 e. The molecule has 0 aromatic carbocycles. The highest BCUT2D eigenvalue weighted by Crippen LogP contribution is 2.20. The van der Waals surface area contributed by atoms with E-state index in [9.17, 15) is 18.0 Å². The summed E-state index contributed by atoms with van der Waals surface area (Å²) in [6.07, 6.45) is -0.00399. The van der Waals surface area contributed by atoms with Gasteiger partial charge in [0, 0.05) is 13.0 Å². The van der Waals surface area contributed by atoms with Gasteiger partial charge in [-0.15, -0.1) is 10.2 Å². The van der Waals surface area contributed by atoms with Gasteiger partial charge in [-0.2, -0.15) is 0 Å². The fourth-order valence-electron chi connectivity index (χ4n) is 1.27. The number of rotatable bonds is 7. The second-order valence-electron chi connectivity index (χ2n) is 3.88. The van der Waals surface area contributed by atoms with Crippen LogP contribution in [0.25, 0.3) is 0 Å². The van der Waals surface area contributed by atoms with E-state index >= 15 is 0 Å². The first-order chi connectivity index (χ1) is 9.24. The van der Waals surface area contributed by atoms with Crippen LogP contribution >= 0.6 is 11.3 Å². The summed E-state index contributed by atoms with van der Waals surface area (Å²) in [5.41, 5.74) is 0. The summed E-state index contributed by atoms with van der Waals surface area (Å²) in [6.45, 7) is 2.92. The quantitative estimate of drug-likeness (QED) is 0.602. The number of nitrogens with zero attached hydrogens (tertiary/aromatic N) is 2. The summed E-state index contributed by atoms with van der Waals surface area (Å²) in [4.78, 5) is 21.4.